The first kappa shape index (κ1) is 16.0. The van der Waals surface area contributed by atoms with Crippen LogP contribution >= 0.6 is 0 Å². The maximum absolute atomic E-state index is 12.3. The molecule has 1 aliphatic heterocycles. The molecular weight excluding hydrogens is 264 g/mol. The molecule has 1 heterocycles. The van der Waals surface area contributed by atoms with Gasteiger partial charge in [0.25, 0.3) is 0 Å². The molecule has 116 valence electrons. The summed E-state index contributed by atoms with van der Waals surface area (Å²) in [5.41, 5.74) is 1.15. The van der Waals surface area contributed by atoms with Gasteiger partial charge in [-0.05, 0) is 24.3 Å². The number of nitrogens with zero attached hydrogens (tertiary/aromatic N) is 1. The monoisotopic (exact) mass is 290 g/mol. The second-order valence-electron chi connectivity index (χ2n) is 5.89. The average molecular weight is 290 g/mol. The van der Waals surface area contributed by atoms with E-state index >= 15 is 0 Å². The van der Waals surface area contributed by atoms with Crippen LogP contribution in [-0.2, 0) is 9.53 Å². The van der Waals surface area contributed by atoms with Crippen molar-refractivity contribution < 1.29 is 9.53 Å². The number of hydrogen-bond acceptors (Lipinski definition) is 3. The van der Waals surface area contributed by atoms with Gasteiger partial charge in [0, 0.05) is 20.2 Å². The fourth-order valence-electron chi connectivity index (χ4n) is 2.86. The van der Waals surface area contributed by atoms with E-state index in [1.807, 2.05) is 23.1 Å². The number of carbonyl (C=O) groups excluding carboxylic acids is 1. The molecule has 0 aliphatic carbocycles. The van der Waals surface area contributed by atoms with Crippen LogP contribution in [0.5, 0.6) is 0 Å². The minimum absolute atomic E-state index is 0.0577. The Labute approximate surface area is 127 Å². The van der Waals surface area contributed by atoms with Gasteiger partial charge in [0.15, 0.2) is 0 Å². The van der Waals surface area contributed by atoms with Crippen LogP contribution in [0, 0.1) is 5.92 Å². The van der Waals surface area contributed by atoms with Crippen LogP contribution in [0.3, 0.4) is 0 Å². The van der Waals surface area contributed by atoms with Gasteiger partial charge in [0.05, 0.1) is 19.2 Å². The Bertz CT molecular complexity index is 436. The van der Waals surface area contributed by atoms with Crippen LogP contribution < -0.4 is 5.32 Å². The van der Waals surface area contributed by atoms with Crippen LogP contribution in [-0.4, -0.2) is 44.2 Å². The van der Waals surface area contributed by atoms with Crippen molar-refractivity contribution in [1.82, 2.24) is 10.2 Å². The van der Waals surface area contributed by atoms with Gasteiger partial charge in [-0.15, -0.1) is 0 Å². The number of likely N-dealkylation sites (tertiary alicyclic amines) is 1. The molecule has 1 aromatic carbocycles. The molecule has 0 spiro atoms. The Balaban J connectivity index is 1.88. The largest absolute Gasteiger partial charge is 0.383 e. The zero-order valence-corrected chi connectivity index (χ0v) is 13.0. The number of amides is 1. The third-order valence-electron chi connectivity index (χ3n) is 4.04. The predicted molar refractivity (Wildman–Crippen MR) is 84.0 cm³/mol. The molecule has 0 saturated carbocycles. The molecule has 1 aromatic rings. The highest BCUT2D eigenvalue weighted by Crippen LogP contribution is 2.16. The van der Waals surface area contributed by atoms with E-state index in [9.17, 15) is 4.79 Å². The topological polar surface area (TPSA) is 41.6 Å². The van der Waals surface area contributed by atoms with Crippen molar-refractivity contribution in [2.24, 2.45) is 5.92 Å². The lowest BCUT2D eigenvalue weighted by atomic mass is 10.0. The Morgan fingerprint density at radius 1 is 1.43 bits per heavy atom. The number of nitrogens with one attached hydrogen (secondary N) is 1. The molecule has 1 saturated heterocycles. The summed E-state index contributed by atoms with van der Waals surface area (Å²) >= 11 is 0. The van der Waals surface area contributed by atoms with Crippen molar-refractivity contribution in [3.8, 4) is 0 Å². The molecule has 0 bridgehead atoms. The zero-order chi connectivity index (χ0) is 15.1. The molecule has 4 nitrogen and oxygen atoms in total. The highest BCUT2D eigenvalue weighted by Gasteiger charge is 2.21. The van der Waals surface area contributed by atoms with Crippen molar-refractivity contribution in [3.05, 3.63) is 35.9 Å². The fraction of sp³-hybridized carbons (Fsp3) is 0.588. The molecule has 1 amide bonds. The number of rotatable bonds is 6. The normalized spacial score (nSPS) is 20.3. The van der Waals surface area contributed by atoms with Gasteiger partial charge in [-0.2, -0.15) is 0 Å². The maximum atomic E-state index is 12.3. The smallest absolute Gasteiger partial charge is 0.236 e. The molecule has 1 N–H and O–H groups in total. The Hall–Kier alpha value is -1.39. The molecule has 21 heavy (non-hydrogen) atoms. The minimum atomic E-state index is 0.0577. The van der Waals surface area contributed by atoms with E-state index in [1.54, 1.807) is 7.11 Å². The van der Waals surface area contributed by atoms with E-state index < -0.39 is 0 Å². The van der Waals surface area contributed by atoms with Gasteiger partial charge in [0.1, 0.15) is 0 Å². The highest BCUT2D eigenvalue weighted by molar-refractivity contribution is 5.78. The number of methoxy groups -OCH3 is 1. The van der Waals surface area contributed by atoms with Crippen LogP contribution in [0.4, 0.5) is 0 Å². The molecular formula is C17H26N2O2. The summed E-state index contributed by atoms with van der Waals surface area (Å²) in [7, 11) is 1.69. The van der Waals surface area contributed by atoms with Crippen molar-refractivity contribution in [2.45, 2.75) is 25.8 Å². The van der Waals surface area contributed by atoms with Crippen LogP contribution in [0.15, 0.2) is 30.3 Å². The van der Waals surface area contributed by atoms with Crippen molar-refractivity contribution in [3.63, 3.8) is 0 Å². The second kappa shape index (κ2) is 8.15. The van der Waals surface area contributed by atoms with E-state index in [1.165, 1.54) is 6.42 Å². The lowest BCUT2D eigenvalue weighted by molar-refractivity contribution is -0.132. The number of hydrogen-bond donors (Lipinski definition) is 1. The van der Waals surface area contributed by atoms with Crippen LogP contribution in [0.25, 0.3) is 0 Å². The quantitative estimate of drug-likeness (QED) is 0.873. The van der Waals surface area contributed by atoms with Gasteiger partial charge in [-0.3, -0.25) is 10.1 Å². The van der Waals surface area contributed by atoms with Gasteiger partial charge in [-0.25, -0.2) is 0 Å². The van der Waals surface area contributed by atoms with Crippen molar-refractivity contribution >= 4 is 5.91 Å². The summed E-state index contributed by atoms with van der Waals surface area (Å²) in [5, 5.41) is 3.33. The number of piperidine rings is 1. The predicted octanol–water partition coefficient (Wildman–Crippen LogP) is 2.22. The van der Waals surface area contributed by atoms with E-state index in [0.29, 0.717) is 19.1 Å². The Kier molecular flexibility index (Phi) is 6.21. The van der Waals surface area contributed by atoms with E-state index in [2.05, 4.69) is 24.4 Å². The summed E-state index contributed by atoms with van der Waals surface area (Å²) in [6, 6.07) is 10.2. The standard InChI is InChI=1S/C17H26N2O2/c1-14-7-6-10-19(12-14)17(20)11-18-16(13-21-2)15-8-4-3-5-9-15/h3-5,8-9,14,16,18H,6-7,10-13H2,1-2H3. The molecule has 2 atom stereocenters. The van der Waals surface area contributed by atoms with Gasteiger partial charge in [0.2, 0.25) is 5.91 Å². The van der Waals surface area contributed by atoms with Gasteiger partial charge >= 0.3 is 0 Å². The highest BCUT2D eigenvalue weighted by atomic mass is 16.5. The third kappa shape index (κ3) is 4.83. The third-order valence-corrected chi connectivity index (χ3v) is 4.04. The van der Waals surface area contributed by atoms with Gasteiger partial charge in [-0.1, -0.05) is 37.3 Å². The number of ether oxygens (including phenoxy) is 1. The summed E-state index contributed by atoms with van der Waals surface area (Å²) in [4.78, 5) is 14.3. The molecule has 1 aliphatic rings. The molecule has 0 aromatic heterocycles. The van der Waals surface area contributed by atoms with Crippen molar-refractivity contribution in [1.29, 1.82) is 0 Å². The second-order valence-corrected chi connectivity index (χ2v) is 5.89. The first-order valence-corrected chi connectivity index (χ1v) is 7.75. The van der Waals surface area contributed by atoms with E-state index in [-0.39, 0.29) is 11.9 Å². The lowest BCUT2D eigenvalue weighted by Crippen LogP contribution is -2.44. The summed E-state index contributed by atoms with van der Waals surface area (Å²) in [6.45, 7) is 4.93. The fourth-order valence-corrected chi connectivity index (χ4v) is 2.86. The van der Waals surface area contributed by atoms with E-state index in [0.717, 1.165) is 25.1 Å². The maximum Gasteiger partial charge on any atom is 0.236 e. The van der Waals surface area contributed by atoms with Crippen molar-refractivity contribution in [2.75, 3.05) is 33.4 Å². The zero-order valence-electron chi connectivity index (χ0n) is 13.0. The molecule has 0 radical (unpaired) electrons. The van der Waals surface area contributed by atoms with Crippen LogP contribution in [0.2, 0.25) is 0 Å². The Morgan fingerprint density at radius 3 is 2.86 bits per heavy atom. The average Bonchev–Trinajstić information content (AvgIpc) is 2.52. The Morgan fingerprint density at radius 2 is 2.19 bits per heavy atom. The molecule has 2 unspecified atom stereocenters. The number of carbonyl (C=O) groups is 1. The van der Waals surface area contributed by atoms with Gasteiger partial charge < -0.3 is 9.64 Å². The van der Waals surface area contributed by atoms with Crippen LogP contribution in [0.1, 0.15) is 31.4 Å². The first-order valence-electron chi connectivity index (χ1n) is 7.75. The minimum Gasteiger partial charge on any atom is -0.383 e. The molecule has 4 heteroatoms. The number of benzene rings is 1. The summed E-state index contributed by atoms with van der Waals surface area (Å²) < 4.78 is 5.27. The first-order chi connectivity index (χ1) is 10.2. The molecule has 1 fully saturated rings. The molecule has 2 rings (SSSR count). The summed E-state index contributed by atoms with van der Waals surface area (Å²) in [5.74, 6) is 0.810. The lowest BCUT2D eigenvalue weighted by Gasteiger charge is -2.31. The summed E-state index contributed by atoms with van der Waals surface area (Å²) in [6.07, 6.45) is 2.35. The SMILES string of the molecule is COCC(NCC(=O)N1CCCC(C)C1)c1ccccc1. The van der Waals surface area contributed by atoms with E-state index in [4.69, 9.17) is 4.74 Å².